The Morgan fingerprint density at radius 1 is 1.05 bits per heavy atom. The Balaban J connectivity index is 1.92. The third-order valence-electron chi connectivity index (χ3n) is 4.70. The monoisotopic (exact) mass is 273 g/mol. The smallest absolute Gasteiger partial charge is 0.0325 e. The molecule has 3 atom stereocenters. The first-order valence-electron chi connectivity index (χ1n) is 8.42. The Morgan fingerprint density at radius 2 is 1.75 bits per heavy atom. The molecule has 0 saturated carbocycles. The van der Waals surface area contributed by atoms with Crippen molar-refractivity contribution >= 4 is 0 Å². The second kappa shape index (κ2) is 7.26. The Bertz CT molecular complexity index is 410. The summed E-state index contributed by atoms with van der Waals surface area (Å²) in [5.41, 5.74) is 3.10. The van der Waals surface area contributed by atoms with Gasteiger partial charge in [-0.05, 0) is 49.1 Å². The van der Waals surface area contributed by atoms with Gasteiger partial charge in [0.25, 0.3) is 0 Å². The number of hydrogen-bond donors (Lipinski definition) is 1. The summed E-state index contributed by atoms with van der Waals surface area (Å²) in [5.74, 6) is 1.55. The molecule has 0 bridgehead atoms. The average molecular weight is 273 g/mol. The lowest BCUT2D eigenvalue weighted by molar-refractivity contribution is 0.368. The minimum Gasteiger partial charge on any atom is -0.307 e. The molecule has 20 heavy (non-hydrogen) atoms. The minimum atomic E-state index is 0.566. The van der Waals surface area contributed by atoms with Crippen molar-refractivity contribution in [2.45, 2.75) is 77.8 Å². The predicted octanol–water partition coefficient (Wildman–Crippen LogP) is 5.43. The molecule has 0 amide bonds. The highest BCUT2D eigenvalue weighted by Gasteiger charge is 2.24. The van der Waals surface area contributed by atoms with Crippen LogP contribution in [-0.2, 0) is 0 Å². The highest BCUT2D eigenvalue weighted by atomic mass is 14.9. The molecule has 0 fully saturated rings. The number of nitrogens with one attached hydrogen (secondary N) is 1. The molecule has 3 unspecified atom stereocenters. The topological polar surface area (TPSA) is 12.0 Å². The molecule has 1 heteroatoms. The Hall–Kier alpha value is -0.820. The third kappa shape index (κ3) is 4.09. The molecule has 0 heterocycles. The largest absolute Gasteiger partial charge is 0.307 e. The van der Waals surface area contributed by atoms with E-state index in [9.17, 15) is 0 Å². The Morgan fingerprint density at radius 3 is 2.45 bits per heavy atom. The van der Waals surface area contributed by atoms with E-state index in [1.807, 2.05) is 0 Å². The molecule has 0 saturated heterocycles. The maximum absolute atomic E-state index is 3.87. The first-order chi connectivity index (χ1) is 9.58. The Kier molecular flexibility index (Phi) is 5.65. The molecule has 112 valence electrons. The van der Waals surface area contributed by atoms with E-state index in [-0.39, 0.29) is 0 Å². The van der Waals surface area contributed by atoms with E-state index in [1.54, 1.807) is 11.1 Å². The zero-order valence-electron chi connectivity index (χ0n) is 13.7. The van der Waals surface area contributed by atoms with Crippen LogP contribution in [0, 0.1) is 5.92 Å². The second-order valence-electron chi connectivity index (χ2n) is 7.05. The fraction of sp³-hybridized carbons (Fsp3) is 0.684. The normalized spacial score (nSPS) is 23.6. The van der Waals surface area contributed by atoms with Gasteiger partial charge in [-0.3, -0.25) is 0 Å². The summed E-state index contributed by atoms with van der Waals surface area (Å²) in [7, 11) is 0. The Labute approximate surface area is 125 Å². The van der Waals surface area contributed by atoms with Gasteiger partial charge in [-0.2, -0.15) is 0 Å². The van der Waals surface area contributed by atoms with Crippen LogP contribution in [-0.4, -0.2) is 6.04 Å². The molecular formula is C19H31N. The van der Waals surface area contributed by atoms with Crippen LogP contribution < -0.4 is 5.32 Å². The third-order valence-corrected chi connectivity index (χ3v) is 4.70. The zero-order chi connectivity index (χ0) is 14.5. The summed E-state index contributed by atoms with van der Waals surface area (Å²) >= 11 is 0. The quantitative estimate of drug-likeness (QED) is 0.728. The number of rotatable bonds is 6. The van der Waals surface area contributed by atoms with Crippen molar-refractivity contribution in [3.05, 3.63) is 35.4 Å². The standard InChI is InChI=1S/C19H31N/c1-14(2)8-7-9-16(4)20-19-13-12-15(3)17-10-5-6-11-18(17)19/h5-6,10-11,14-16,19-20H,7-9,12-13H2,1-4H3. The lowest BCUT2D eigenvalue weighted by Gasteiger charge is -2.32. The molecule has 1 aliphatic carbocycles. The number of benzene rings is 1. The minimum absolute atomic E-state index is 0.566. The highest BCUT2D eigenvalue weighted by molar-refractivity contribution is 5.34. The van der Waals surface area contributed by atoms with E-state index in [0.717, 1.165) is 11.8 Å². The van der Waals surface area contributed by atoms with E-state index >= 15 is 0 Å². The molecule has 1 N–H and O–H groups in total. The number of fused-ring (bicyclic) bond motifs is 1. The van der Waals surface area contributed by atoms with Gasteiger partial charge in [-0.1, -0.05) is 57.9 Å². The van der Waals surface area contributed by atoms with Gasteiger partial charge in [-0.25, -0.2) is 0 Å². The van der Waals surface area contributed by atoms with Gasteiger partial charge >= 0.3 is 0 Å². The van der Waals surface area contributed by atoms with Crippen LogP contribution in [0.15, 0.2) is 24.3 Å². The van der Waals surface area contributed by atoms with Gasteiger partial charge in [0.2, 0.25) is 0 Å². The van der Waals surface area contributed by atoms with Crippen LogP contribution in [0.4, 0.5) is 0 Å². The maximum Gasteiger partial charge on any atom is 0.0325 e. The van der Waals surface area contributed by atoms with Gasteiger partial charge in [0.1, 0.15) is 0 Å². The van der Waals surface area contributed by atoms with Crippen molar-refractivity contribution in [1.29, 1.82) is 0 Å². The fourth-order valence-corrected chi connectivity index (χ4v) is 3.44. The molecule has 2 rings (SSSR count). The molecule has 1 aromatic carbocycles. The van der Waals surface area contributed by atoms with Gasteiger partial charge in [-0.15, -0.1) is 0 Å². The van der Waals surface area contributed by atoms with Gasteiger partial charge in [0.15, 0.2) is 0 Å². The molecule has 1 aliphatic rings. The molecule has 0 aromatic heterocycles. The van der Waals surface area contributed by atoms with Crippen molar-refractivity contribution in [2.24, 2.45) is 5.92 Å². The van der Waals surface area contributed by atoms with Crippen molar-refractivity contribution in [3.8, 4) is 0 Å². The fourth-order valence-electron chi connectivity index (χ4n) is 3.44. The maximum atomic E-state index is 3.87. The first kappa shape index (κ1) is 15.6. The summed E-state index contributed by atoms with van der Waals surface area (Å²) in [6.45, 7) is 9.34. The van der Waals surface area contributed by atoms with E-state index in [1.165, 1.54) is 32.1 Å². The molecule has 0 spiro atoms. The lowest BCUT2D eigenvalue weighted by atomic mass is 9.81. The summed E-state index contributed by atoms with van der Waals surface area (Å²) in [5, 5.41) is 3.87. The first-order valence-corrected chi connectivity index (χ1v) is 8.42. The van der Waals surface area contributed by atoms with Crippen LogP contribution in [0.2, 0.25) is 0 Å². The molecule has 1 nitrogen and oxygen atoms in total. The lowest BCUT2D eigenvalue weighted by Crippen LogP contribution is -2.33. The van der Waals surface area contributed by atoms with Gasteiger partial charge in [0, 0.05) is 12.1 Å². The number of hydrogen-bond acceptors (Lipinski definition) is 1. The molecule has 1 aromatic rings. The van der Waals surface area contributed by atoms with Crippen LogP contribution in [0.1, 0.15) is 82.9 Å². The molecule has 0 radical (unpaired) electrons. The van der Waals surface area contributed by atoms with Crippen molar-refractivity contribution in [3.63, 3.8) is 0 Å². The highest BCUT2D eigenvalue weighted by Crippen LogP contribution is 2.37. The van der Waals surface area contributed by atoms with Gasteiger partial charge in [0.05, 0.1) is 0 Å². The van der Waals surface area contributed by atoms with E-state index in [0.29, 0.717) is 12.1 Å². The van der Waals surface area contributed by atoms with E-state index in [2.05, 4.69) is 57.3 Å². The SMILES string of the molecule is CC(C)CCCC(C)NC1CCC(C)c2ccccc21. The summed E-state index contributed by atoms with van der Waals surface area (Å²) in [4.78, 5) is 0. The van der Waals surface area contributed by atoms with Crippen molar-refractivity contribution in [1.82, 2.24) is 5.32 Å². The van der Waals surface area contributed by atoms with E-state index < -0.39 is 0 Å². The van der Waals surface area contributed by atoms with Crippen molar-refractivity contribution < 1.29 is 0 Å². The summed E-state index contributed by atoms with van der Waals surface area (Å²) in [6.07, 6.45) is 6.59. The van der Waals surface area contributed by atoms with Crippen molar-refractivity contribution in [2.75, 3.05) is 0 Å². The summed E-state index contributed by atoms with van der Waals surface area (Å²) < 4.78 is 0. The zero-order valence-corrected chi connectivity index (χ0v) is 13.7. The molecular weight excluding hydrogens is 242 g/mol. The predicted molar refractivity (Wildman–Crippen MR) is 88.1 cm³/mol. The second-order valence-corrected chi connectivity index (χ2v) is 7.05. The molecule has 0 aliphatic heterocycles. The van der Waals surface area contributed by atoms with Crippen LogP contribution in [0.5, 0.6) is 0 Å². The van der Waals surface area contributed by atoms with Crippen LogP contribution >= 0.6 is 0 Å². The van der Waals surface area contributed by atoms with Crippen LogP contribution in [0.25, 0.3) is 0 Å². The van der Waals surface area contributed by atoms with Gasteiger partial charge < -0.3 is 5.32 Å². The average Bonchev–Trinajstić information content (AvgIpc) is 2.42. The van der Waals surface area contributed by atoms with E-state index in [4.69, 9.17) is 0 Å². The van der Waals surface area contributed by atoms with Crippen LogP contribution in [0.3, 0.4) is 0 Å². The summed E-state index contributed by atoms with van der Waals surface area (Å²) in [6, 6.07) is 10.2.